The molecule has 0 fully saturated rings. The summed E-state index contributed by atoms with van der Waals surface area (Å²) in [5.74, 6) is -1.81. The maximum atomic E-state index is 13.9. The van der Waals surface area contributed by atoms with Gasteiger partial charge in [0.15, 0.2) is 0 Å². The van der Waals surface area contributed by atoms with Gasteiger partial charge in [-0.25, -0.2) is 4.79 Å². The van der Waals surface area contributed by atoms with E-state index in [9.17, 15) is 24.3 Å². The van der Waals surface area contributed by atoms with Gasteiger partial charge in [0, 0.05) is 17.3 Å². The number of benzene rings is 2. The Morgan fingerprint density at radius 2 is 1.67 bits per heavy atom. The van der Waals surface area contributed by atoms with Crippen molar-refractivity contribution >= 4 is 29.5 Å². The number of methoxy groups -OCH3 is 1. The molecule has 39 heavy (non-hydrogen) atoms. The van der Waals surface area contributed by atoms with E-state index in [-0.39, 0.29) is 11.3 Å². The number of anilines is 1. The molecule has 2 aromatic rings. The number of nitrogens with two attached hydrogens (primary N) is 1. The van der Waals surface area contributed by atoms with Crippen LogP contribution >= 0.6 is 0 Å². The number of rotatable bonds is 10. The number of ether oxygens (including phenoxy) is 2. The first kappa shape index (κ1) is 30.9. The minimum absolute atomic E-state index is 0.165. The van der Waals surface area contributed by atoms with Crippen LogP contribution in [0.5, 0.6) is 11.5 Å². The zero-order chi connectivity index (χ0) is 29.5. The quantitative estimate of drug-likeness (QED) is 0.358. The third-order valence-corrected chi connectivity index (χ3v) is 5.65. The van der Waals surface area contributed by atoms with Gasteiger partial charge in [0.1, 0.15) is 29.2 Å². The van der Waals surface area contributed by atoms with E-state index >= 15 is 0 Å². The number of carbonyl (C=O) groups excluding carboxylic acids is 4. The summed E-state index contributed by atoms with van der Waals surface area (Å²) >= 11 is 0. The van der Waals surface area contributed by atoms with Gasteiger partial charge in [-0.15, -0.1) is 0 Å². The first-order valence-electron chi connectivity index (χ1n) is 12.5. The van der Waals surface area contributed by atoms with Crippen molar-refractivity contribution in [3.63, 3.8) is 0 Å². The molecule has 11 heteroatoms. The highest BCUT2D eigenvalue weighted by Crippen LogP contribution is 2.34. The third kappa shape index (κ3) is 8.62. The van der Waals surface area contributed by atoms with Crippen LogP contribution in [0.15, 0.2) is 42.5 Å². The molecule has 11 nitrogen and oxygen atoms in total. The highest BCUT2D eigenvalue weighted by atomic mass is 16.6. The van der Waals surface area contributed by atoms with Gasteiger partial charge < -0.3 is 35.8 Å². The van der Waals surface area contributed by atoms with Gasteiger partial charge in [-0.3, -0.25) is 14.4 Å². The second-order valence-electron chi connectivity index (χ2n) is 10.3. The number of alkyl carbamates (subject to hydrolysis) is 1. The van der Waals surface area contributed by atoms with Crippen LogP contribution in [0, 0.1) is 6.92 Å². The fraction of sp³-hybridized carbons (Fsp3) is 0.429. The normalized spacial score (nSPS) is 12.7. The summed E-state index contributed by atoms with van der Waals surface area (Å²) in [4.78, 5) is 53.3. The molecule has 0 aliphatic heterocycles. The predicted octanol–water partition coefficient (Wildman–Crippen LogP) is 3.39. The van der Waals surface area contributed by atoms with Crippen molar-refractivity contribution in [1.29, 1.82) is 0 Å². The Balaban J connectivity index is 2.57. The van der Waals surface area contributed by atoms with Gasteiger partial charge in [0.25, 0.3) is 5.91 Å². The highest BCUT2D eigenvalue weighted by molar-refractivity contribution is 6.00. The first-order valence-corrected chi connectivity index (χ1v) is 12.5. The Kier molecular flexibility index (Phi) is 10.3. The lowest BCUT2D eigenvalue weighted by Gasteiger charge is -2.37. The number of nitrogens with zero attached hydrogens (tertiary/aromatic N) is 1. The van der Waals surface area contributed by atoms with E-state index in [2.05, 4.69) is 10.6 Å². The lowest BCUT2D eigenvalue weighted by atomic mass is 9.97. The standard InChI is InChI=1S/C28H38N4O7/c1-16(2)32(26(36)21(15-22(29)33)31-27(37)39-28(4,5)6)23(20-10-8-9-17(3)24(20)34)25(35)30-18-11-13-19(38-7)14-12-18/h8-14,16,21,23,34H,15H2,1-7H3,(H2,29,33)(H,30,35)(H,31,37). The lowest BCUT2D eigenvalue weighted by molar-refractivity contribution is -0.144. The zero-order valence-corrected chi connectivity index (χ0v) is 23.4. The van der Waals surface area contributed by atoms with Crippen LogP contribution in [0.1, 0.15) is 58.2 Å². The van der Waals surface area contributed by atoms with Gasteiger partial charge in [-0.2, -0.15) is 0 Å². The van der Waals surface area contributed by atoms with Gasteiger partial charge in [-0.05, 0) is 71.4 Å². The summed E-state index contributed by atoms with van der Waals surface area (Å²) in [5, 5.41) is 16.1. The number of para-hydroxylation sites is 1. The fourth-order valence-electron chi connectivity index (χ4n) is 3.92. The average molecular weight is 543 g/mol. The molecular weight excluding hydrogens is 504 g/mol. The van der Waals surface area contributed by atoms with Crippen LogP contribution in [-0.4, -0.2) is 58.6 Å². The Bertz CT molecular complexity index is 1190. The minimum atomic E-state index is -1.43. The van der Waals surface area contributed by atoms with Crippen LogP contribution < -0.4 is 21.1 Å². The Morgan fingerprint density at radius 1 is 1.05 bits per heavy atom. The first-order chi connectivity index (χ1) is 18.1. The molecule has 0 aliphatic rings. The van der Waals surface area contributed by atoms with Crippen LogP contribution in [0.4, 0.5) is 10.5 Å². The molecule has 0 spiro atoms. The van der Waals surface area contributed by atoms with Gasteiger partial charge >= 0.3 is 6.09 Å². The number of primary amides is 1. The van der Waals surface area contributed by atoms with Crippen LogP contribution in [0.2, 0.25) is 0 Å². The molecule has 4 amide bonds. The van der Waals surface area contributed by atoms with Crippen molar-refractivity contribution in [3.8, 4) is 11.5 Å². The summed E-state index contributed by atoms with van der Waals surface area (Å²) in [6.45, 7) is 9.97. The molecule has 0 saturated heterocycles. The number of aromatic hydroxyl groups is 1. The van der Waals surface area contributed by atoms with Crippen molar-refractivity contribution in [2.45, 2.75) is 71.7 Å². The topological polar surface area (TPSA) is 160 Å². The van der Waals surface area contributed by atoms with E-state index in [1.54, 1.807) is 77.9 Å². The van der Waals surface area contributed by atoms with Gasteiger partial charge in [-0.1, -0.05) is 18.2 Å². The van der Waals surface area contributed by atoms with Crippen molar-refractivity contribution in [3.05, 3.63) is 53.6 Å². The molecule has 0 radical (unpaired) electrons. The van der Waals surface area contributed by atoms with E-state index in [1.807, 2.05) is 0 Å². The summed E-state index contributed by atoms with van der Waals surface area (Å²) in [6.07, 6.45) is -1.46. The molecule has 2 unspecified atom stereocenters. The number of phenols is 1. The summed E-state index contributed by atoms with van der Waals surface area (Å²) in [6, 6.07) is 8.06. The van der Waals surface area contributed by atoms with Crippen molar-refractivity contribution in [1.82, 2.24) is 10.2 Å². The van der Waals surface area contributed by atoms with Gasteiger partial charge in [0.2, 0.25) is 11.8 Å². The zero-order valence-electron chi connectivity index (χ0n) is 23.4. The van der Waals surface area contributed by atoms with Gasteiger partial charge in [0.05, 0.1) is 13.5 Å². The number of hydrogen-bond acceptors (Lipinski definition) is 7. The second kappa shape index (κ2) is 13.0. The molecule has 0 aromatic heterocycles. The number of carbonyl (C=O) groups is 4. The number of amides is 4. The predicted molar refractivity (Wildman–Crippen MR) is 146 cm³/mol. The van der Waals surface area contributed by atoms with Crippen molar-refractivity contribution in [2.75, 3.05) is 12.4 Å². The lowest BCUT2D eigenvalue weighted by Crippen LogP contribution is -2.55. The molecular formula is C28H38N4O7. The smallest absolute Gasteiger partial charge is 0.408 e. The number of hydrogen-bond donors (Lipinski definition) is 4. The monoisotopic (exact) mass is 542 g/mol. The maximum absolute atomic E-state index is 13.9. The highest BCUT2D eigenvalue weighted by Gasteiger charge is 2.39. The Morgan fingerprint density at radius 3 is 2.18 bits per heavy atom. The SMILES string of the molecule is COc1ccc(NC(=O)C(c2cccc(C)c2O)N(C(=O)C(CC(N)=O)NC(=O)OC(C)(C)C)C(C)C)cc1. The van der Waals surface area contributed by atoms with Crippen LogP contribution in [0.25, 0.3) is 0 Å². The summed E-state index contributed by atoms with van der Waals surface area (Å²) in [7, 11) is 1.52. The summed E-state index contributed by atoms with van der Waals surface area (Å²) < 4.78 is 10.4. The van der Waals surface area contributed by atoms with E-state index in [0.717, 1.165) is 0 Å². The number of aryl methyl sites for hydroxylation is 1. The number of nitrogens with one attached hydrogen (secondary N) is 2. The van der Waals surface area contributed by atoms with E-state index in [1.165, 1.54) is 18.1 Å². The summed E-state index contributed by atoms with van der Waals surface area (Å²) in [5.41, 5.74) is 5.61. The van der Waals surface area contributed by atoms with Crippen molar-refractivity contribution < 1.29 is 33.8 Å². The van der Waals surface area contributed by atoms with E-state index in [0.29, 0.717) is 17.0 Å². The van der Waals surface area contributed by atoms with E-state index in [4.69, 9.17) is 15.2 Å². The largest absolute Gasteiger partial charge is 0.507 e. The van der Waals surface area contributed by atoms with Crippen LogP contribution in [0.3, 0.4) is 0 Å². The third-order valence-electron chi connectivity index (χ3n) is 5.65. The fourth-order valence-corrected chi connectivity index (χ4v) is 3.92. The number of phenolic OH excluding ortho intramolecular Hbond substituents is 1. The maximum Gasteiger partial charge on any atom is 0.408 e. The Hall–Kier alpha value is -4.28. The second-order valence-corrected chi connectivity index (χ2v) is 10.3. The molecule has 2 rings (SSSR count). The van der Waals surface area contributed by atoms with Crippen LogP contribution in [-0.2, 0) is 19.1 Å². The molecule has 5 N–H and O–H groups in total. The molecule has 2 atom stereocenters. The molecule has 2 aromatic carbocycles. The minimum Gasteiger partial charge on any atom is -0.507 e. The van der Waals surface area contributed by atoms with Crippen molar-refractivity contribution in [2.24, 2.45) is 5.73 Å². The molecule has 0 saturated carbocycles. The van der Waals surface area contributed by atoms with E-state index < -0.39 is 54.0 Å². The Labute approximate surface area is 228 Å². The molecule has 0 heterocycles. The molecule has 0 bridgehead atoms. The molecule has 212 valence electrons. The average Bonchev–Trinajstić information content (AvgIpc) is 2.82. The molecule has 0 aliphatic carbocycles.